The van der Waals surface area contributed by atoms with Gasteiger partial charge in [0.05, 0.1) is 19.9 Å². The van der Waals surface area contributed by atoms with Crippen LogP contribution in [0.3, 0.4) is 0 Å². The first-order valence-electron chi connectivity index (χ1n) is 6.49. The Morgan fingerprint density at radius 2 is 1.70 bits per heavy atom. The Bertz CT molecular complexity index is 840. The molecule has 2 rings (SSSR count). The van der Waals surface area contributed by atoms with Crippen LogP contribution >= 0.6 is 27.5 Å². The molecular formula is C15H15BrClNO4S. The molecule has 0 aliphatic carbocycles. The summed E-state index contributed by atoms with van der Waals surface area (Å²) in [7, 11) is -0.905. The van der Waals surface area contributed by atoms with Crippen LogP contribution in [-0.4, -0.2) is 22.6 Å². The molecule has 0 aliphatic heterocycles. The molecule has 0 spiro atoms. The van der Waals surface area contributed by atoms with Gasteiger partial charge in [-0.1, -0.05) is 17.7 Å². The number of rotatable bonds is 5. The Hall–Kier alpha value is -1.44. The average molecular weight is 421 g/mol. The Balaban J connectivity index is 2.45. The molecule has 5 nitrogen and oxygen atoms in total. The highest BCUT2D eigenvalue weighted by Crippen LogP contribution is 2.36. The molecule has 8 heteroatoms. The predicted octanol–water partition coefficient (Wildman–Crippen LogP) is 4.23. The van der Waals surface area contributed by atoms with Crippen molar-refractivity contribution >= 4 is 43.2 Å². The number of nitrogens with one attached hydrogen (secondary N) is 1. The largest absolute Gasteiger partial charge is 0.493 e. The quantitative estimate of drug-likeness (QED) is 0.786. The van der Waals surface area contributed by atoms with Crippen molar-refractivity contribution in [3.05, 3.63) is 45.4 Å². The van der Waals surface area contributed by atoms with Crippen LogP contribution in [0.4, 0.5) is 5.69 Å². The second kappa shape index (κ2) is 6.98. The van der Waals surface area contributed by atoms with E-state index in [0.29, 0.717) is 26.7 Å². The summed E-state index contributed by atoms with van der Waals surface area (Å²) in [6.07, 6.45) is 0. The molecule has 0 aromatic heterocycles. The summed E-state index contributed by atoms with van der Waals surface area (Å²) < 4.78 is 38.4. The first-order valence-corrected chi connectivity index (χ1v) is 9.14. The molecule has 0 unspecified atom stereocenters. The molecule has 124 valence electrons. The zero-order valence-corrected chi connectivity index (χ0v) is 15.8. The third-order valence-corrected chi connectivity index (χ3v) is 5.90. The normalized spacial score (nSPS) is 11.2. The van der Waals surface area contributed by atoms with E-state index in [9.17, 15) is 8.42 Å². The predicted molar refractivity (Wildman–Crippen MR) is 94.2 cm³/mol. The minimum Gasteiger partial charge on any atom is -0.493 e. The lowest BCUT2D eigenvalue weighted by molar-refractivity contribution is 0.353. The maximum absolute atomic E-state index is 12.6. The van der Waals surface area contributed by atoms with E-state index < -0.39 is 10.0 Å². The fourth-order valence-corrected chi connectivity index (χ4v) is 4.18. The highest BCUT2D eigenvalue weighted by molar-refractivity contribution is 9.10. The molecule has 0 saturated carbocycles. The van der Waals surface area contributed by atoms with Gasteiger partial charge in [-0.05, 0) is 46.6 Å². The third kappa shape index (κ3) is 3.91. The van der Waals surface area contributed by atoms with E-state index >= 15 is 0 Å². The molecule has 2 aromatic rings. The van der Waals surface area contributed by atoms with Crippen molar-refractivity contribution in [3.8, 4) is 11.5 Å². The monoisotopic (exact) mass is 419 g/mol. The highest BCUT2D eigenvalue weighted by atomic mass is 79.9. The van der Waals surface area contributed by atoms with Crippen molar-refractivity contribution in [1.29, 1.82) is 0 Å². The van der Waals surface area contributed by atoms with Crippen molar-refractivity contribution in [2.24, 2.45) is 0 Å². The smallest absolute Gasteiger partial charge is 0.263 e. The van der Waals surface area contributed by atoms with Crippen LogP contribution in [0.25, 0.3) is 0 Å². The maximum Gasteiger partial charge on any atom is 0.263 e. The van der Waals surface area contributed by atoms with Crippen molar-refractivity contribution in [1.82, 2.24) is 0 Å². The summed E-state index contributed by atoms with van der Waals surface area (Å²) >= 11 is 9.27. The van der Waals surface area contributed by atoms with Crippen molar-refractivity contribution < 1.29 is 17.9 Å². The van der Waals surface area contributed by atoms with Crippen molar-refractivity contribution in [2.45, 2.75) is 11.8 Å². The average Bonchev–Trinajstić information content (AvgIpc) is 2.50. The van der Waals surface area contributed by atoms with Gasteiger partial charge in [-0.3, -0.25) is 4.72 Å². The molecule has 0 atom stereocenters. The molecule has 0 heterocycles. The number of anilines is 1. The molecule has 0 fully saturated rings. The lowest BCUT2D eigenvalue weighted by Gasteiger charge is -2.14. The van der Waals surface area contributed by atoms with Gasteiger partial charge >= 0.3 is 0 Å². The topological polar surface area (TPSA) is 64.6 Å². The van der Waals surface area contributed by atoms with Crippen LogP contribution in [-0.2, 0) is 10.0 Å². The van der Waals surface area contributed by atoms with E-state index in [0.717, 1.165) is 5.56 Å². The lowest BCUT2D eigenvalue weighted by atomic mass is 10.2. The van der Waals surface area contributed by atoms with Gasteiger partial charge in [0.1, 0.15) is 4.90 Å². The number of methoxy groups -OCH3 is 2. The Kier molecular flexibility index (Phi) is 5.44. The fourth-order valence-electron chi connectivity index (χ4n) is 1.91. The highest BCUT2D eigenvalue weighted by Gasteiger charge is 2.21. The molecule has 2 aromatic carbocycles. The van der Waals surface area contributed by atoms with Gasteiger partial charge in [0.2, 0.25) is 0 Å². The van der Waals surface area contributed by atoms with Crippen LogP contribution in [0.2, 0.25) is 5.02 Å². The number of hydrogen-bond donors (Lipinski definition) is 1. The number of halogens is 2. The Morgan fingerprint density at radius 1 is 1.09 bits per heavy atom. The number of sulfonamides is 1. The van der Waals surface area contributed by atoms with E-state index in [4.69, 9.17) is 21.1 Å². The zero-order valence-electron chi connectivity index (χ0n) is 12.7. The van der Waals surface area contributed by atoms with Gasteiger partial charge in [-0.15, -0.1) is 0 Å². The SMILES string of the molecule is COc1cc(Br)c(S(=O)(=O)Nc2ccc(C)c(Cl)c2)cc1OC. The van der Waals surface area contributed by atoms with Gasteiger partial charge in [0.15, 0.2) is 11.5 Å². The third-order valence-electron chi connectivity index (χ3n) is 3.15. The number of aryl methyl sites for hydroxylation is 1. The summed E-state index contributed by atoms with van der Waals surface area (Å²) in [5.41, 5.74) is 1.24. The number of benzene rings is 2. The zero-order chi connectivity index (χ0) is 17.2. The van der Waals surface area contributed by atoms with E-state index in [-0.39, 0.29) is 4.90 Å². The molecule has 0 radical (unpaired) electrons. The second-order valence-corrected chi connectivity index (χ2v) is 7.62. The number of hydrogen-bond acceptors (Lipinski definition) is 4. The second-order valence-electron chi connectivity index (χ2n) is 4.71. The van der Waals surface area contributed by atoms with Crippen LogP contribution in [0.5, 0.6) is 11.5 Å². The molecule has 1 N–H and O–H groups in total. The standard InChI is InChI=1S/C15H15BrClNO4S/c1-9-4-5-10(6-12(9)17)18-23(19,20)15-8-14(22-3)13(21-2)7-11(15)16/h4-8,18H,1-3H3. The summed E-state index contributed by atoms with van der Waals surface area (Å²) in [4.78, 5) is 0.0341. The van der Waals surface area contributed by atoms with E-state index in [2.05, 4.69) is 20.7 Å². The van der Waals surface area contributed by atoms with E-state index in [1.165, 1.54) is 26.4 Å². The van der Waals surface area contributed by atoms with Gasteiger partial charge in [-0.2, -0.15) is 0 Å². The van der Waals surface area contributed by atoms with Gasteiger partial charge in [0.25, 0.3) is 10.0 Å². The lowest BCUT2D eigenvalue weighted by Crippen LogP contribution is -2.14. The fraction of sp³-hybridized carbons (Fsp3) is 0.200. The minimum absolute atomic E-state index is 0.0341. The molecule has 0 saturated heterocycles. The van der Waals surface area contributed by atoms with Crippen LogP contribution in [0.15, 0.2) is 39.7 Å². The van der Waals surface area contributed by atoms with Gasteiger partial charge < -0.3 is 9.47 Å². The molecular weight excluding hydrogens is 406 g/mol. The van der Waals surface area contributed by atoms with Gasteiger partial charge in [-0.25, -0.2) is 8.42 Å². The molecule has 0 bridgehead atoms. The summed E-state index contributed by atoms with van der Waals surface area (Å²) in [5.74, 6) is 0.745. The molecule has 0 aliphatic rings. The molecule has 0 amide bonds. The van der Waals surface area contributed by atoms with E-state index in [1.807, 2.05) is 6.92 Å². The summed E-state index contributed by atoms with van der Waals surface area (Å²) in [6, 6.07) is 7.87. The summed E-state index contributed by atoms with van der Waals surface area (Å²) in [5, 5.41) is 0.483. The van der Waals surface area contributed by atoms with Crippen molar-refractivity contribution in [2.75, 3.05) is 18.9 Å². The van der Waals surface area contributed by atoms with E-state index in [1.54, 1.807) is 18.2 Å². The van der Waals surface area contributed by atoms with Crippen LogP contribution in [0, 0.1) is 6.92 Å². The van der Waals surface area contributed by atoms with Crippen molar-refractivity contribution in [3.63, 3.8) is 0 Å². The Morgan fingerprint density at radius 3 is 2.26 bits per heavy atom. The van der Waals surface area contributed by atoms with Gasteiger partial charge in [0, 0.05) is 15.6 Å². The van der Waals surface area contributed by atoms with Crippen LogP contribution < -0.4 is 14.2 Å². The number of ether oxygens (including phenoxy) is 2. The maximum atomic E-state index is 12.6. The van der Waals surface area contributed by atoms with Crippen LogP contribution in [0.1, 0.15) is 5.56 Å². The summed E-state index contributed by atoms with van der Waals surface area (Å²) in [6.45, 7) is 1.84. The Labute approximate surface area is 148 Å². The first kappa shape index (κ1) is 17.9. The minimum atomic E-state index is -3.82. The molecule has 23 heavy (non-hydrogen) atoms. The first-order chi connectivity index (χ1) is 10.8.